The number of ether oxygens (including phenoxy) is 11. The van der Waals surface area contributed by atoms with Crippen LogP contribution in [0.2, 0.25) is 0 Å². The summed E-state index contributed by atoms with van der Waals surface area (Å²) in [5.74, 6) is -8.11. The lowest BCUT2D eigenvalue weighted by Crippen LogP contribution is -2.68. The van der Waals surface area contributed by atoms with Gasteiger partial charge in [0.05, 0.1) is 81.8 Å². The summed E-state index contributed by atoms with van der Waals surface area (Å²) >= 11 is 5.97. The van der Waals surface area contributed by atoms with E-state index in [4.69, 9.17) is 62.3 Å². The molecule has 0 amide bonds. The Labute approximate surface area is 573 Å². The second-order valence-corrected chi connectivity index (χ2v) is 29.8. The van der Waals surface area contributed by atoms with Gasteiger partial charge in [-0.1, -0.05) is 0 Å². The van der Waals surface area contributed by atoms with E-state index in [0.29, 0.717) is 0 Å². The second-order valence-electron chi connectivity index (χ2n) is 22.9. The minimum absolute atomic E-state index is 0.0316. The summed E-state index contributed by atoms with van der Waals surface area (Å²) in [5, 5.41) is 204. The number of aliphatic hydroxyl groups excluding tert-OH is 13. The third-order valence-corrected chi connectivity index (χ3v) is 22.1. The minimum Gasteiger partial charge on any atom is -0.481 e. The Bertz CT molecular complexity index is 2420. The molecule has 96 heavy (non-hydrogen) atoms. The molecule has 36 nitrogen and oxygen atoms in total. The van der Waals surface area contributed by atoms with Gasteiger partial charge < -0.3 is 149 Å². The zero-order valence-corrected chi connectivity index (χ0v) is 56.0. The third kappa shape index (κ3) is 24.3. The van der Waals surface area contributed by atoms with Crippen molar-refractivity contribution < 1.29 is 178 Å². The van der Waals surface area contributed by atoms with Crippen LogP contribution >= 0.6 is 70.6 Å². The fraction of sp³-hybridized carbons (Fsp3) is 0.889. The van der Waals surface area contributed by atoms with E-state index in [2.05, 4.69) is 0 Å². The van der Waals surface area contributed by atoms with Gasteiger partial charge in [0.2, 0.25) is 0 Å². The first-order chi connectivity index (χ1) is 45.5. The van der Waals surface area contributed by atoms with Gasteiger partial charge in [-0.15, -0.1) is 0 Å². The van der Waals surface area contributed by atoms with Crippen LogP contribution in [-0.2, 0) is 80.9 Å². The first kappa shape index (κ1) is 82.9. The summed E-state index contributed by atoms with van der Waals surface area (Å²) in [6.45, 7) is -0.351. The Hall–Kier alpha value is -2.04. The number of aliphatic hydroxyl groups is 13. The summed E-state index contributed by atoms with van der Waals surface area (Å²) in [4.78, 5) is 68.3. The van der Waals surface area contributed by atoms with E-state index in [1.165, 1.54) is 0 Å². The summed E-state index contributed by atoms with van der Waals surface area (Å²) in [5.41, 5.74) is 0. The van der Waals surface area contributed by atoms with Crippen LogP contribution in [0.4, 0.5) is 0 Å². The topological polar surface area (TPSA) is 588 Å². The normalized spacial score (nSPS) is 39.8. The van der Waals surface area contributed by atoms with Crippen molar-refractivity contribution in [2.24, 2.45) is 0 Å². The van der Waals surface area contributed by atoms with Crippen LogP contribution in [-0.4, -0.2) is 386 Å². The number of carboxylic acids is 6. The Morgan fingerprint density at radius 1 is 0.271 bits per heavy atom. The molecule has 6 aliphatic heterocycles. The van der Waals surface area contributed by atoms with E-state index < -0.39 is 227 Å². The van der Waals surface area contributed by atoms with Gasteiger partial charge in [-0.25, -0.2) is 0 Å². The van der Waals surface area contributed by atoms with E-state index in [1.807, 2.05) is 0 Å². The molecule has 0 radical (unpaired) electrons. The highest BCUT2D eigenvalue weighted by atomic mass is 32.2. The van der Waals surface area contributed by atoms with Gasteiger partial charge in [-0.3, -0.25) is 28.8 Å². The highest BCUT2D eigenvalue weighted by Gasteiger charge is 2.57. The van der Waals surface area contributed by atoms with Crippen LogP contribution in [0.5, 0.6) is 0 Å². The molecule has 554 valence electrons. The van der Waals surface area contributed by atoms with Crippen LogP contribution in [0.3, 0.4) is 0 Å². The van der Waals surface area contributed by atoms with E-state index in [9.17, 15) is 116 Å². The molecule has 6 heterocycles. The smallest absolute Gasteiger partial charge is 0.304 e. The number of carbonyl (C=O) groups is 6. The zero-order valence-electron chi connectivity index (χ0n) is 51.1. The Morgan fingerprint density at radius 2 is 0.479 bits per heavy atom. The lowest BCUT2D eigenvalue weighted by molar-refractivity contribution is -0.387. The van der Waals surface area contributed by atoms with Crippen molar-refractivity contribution in [3.8, 4) is 0 Å². The van der Waals surface area contributed by atoms with Crippen LogP contribution < -0.4 is 0 Å². The standard InChI is InChI=1S/C54H86O36S6/c55-20-13-80-22(15-92-8-2-28(58)59)45(33(20)68)86-51-41(76)36(71)47(24(82-51)17-94-10-4-30(62)63)88-53-43(78)38(73)49(26(84-53)19-96-12-6-32(66)67)90-54-44(79)39(74)48(25(85-54)18-95-11-5-31(64)65)89-52-42(77)37(72)46(23(83-52)16-93-9-3-29(60)61)87-50-40(75)35(70)34(69)21(81-50)14-91-7-1-27(56)57/h20-26,33-55,68-79H,1-19H2,(H,56,57)(H,58,59)(H,60,61)(H,62,63)(H,64,65)(H,66,67). The van der Waals surface area contributed by atoms with E-state index >= 15 is 0 Å². The third-order valence-electron chi connectivity index (χ3n) is 15.7. The Morgan fingerprint density at radius 3 is 0.729 bits per heavy atom. The lowest BCUT2D eigenvalue weighted by Gasteiger charge is -2.50. The first-order valence-electron chi connectivity index (χ1n) is 30.3. The van der Waals surface area contributed by atoms with Gasteiger partial charge in [0, 0.05) is 69.0 Å². The predicted molar refractivity (Wildman–Crippen MR) is 333 cm³/mol. The molecule has 0 bridgehead atoms. The fourth-order valence-electron chi connectivity index (χ4n) is 10.5. The highest BCUT2D eigenvalue weighted by molar-refractivity contribution is 8.00. The molecule has 0 saturated carbocycles. The molecule has 19 N–H and O–H groups in total. The molecule has 29 atom stereocenters. The number of rotatable bonds is 40. The number of thioether (sulfide) groups is 6. The van der Waals surface area contributed by atoms with Crippen molar-refractivity contribution >= 4 is 106 Å². The molecule has 6 aliphatic rings. The van der Waals surface area contributed by atoms with Crippen molar-refractivity contribution in [3.63, 3.8) is 0 Å². The van der Waals surface area contributed by atoms with E-state index in [0.717, 1.165) is 70.6 Å². The van der Waals surface area contributed by atoms with Crippen LogP contribution in [0.1, 0.15) is 38.5 Å². The maximum Gasteiger partial charge on any atom is 0.304 e. The molecule has 0 aliphatic carbocycles. The molecule has 0 spiro atoms. The number of aliphatic carboxylic acids is 6. The quantitative estimate of drug-likeness (QED) is 0.0254. The molecule has 42 heteroatoms. The van der Waals surface area contributed by atoms with Crippen LogP contribution in [0.15, 0.2) is 0 Å². The molecule has 0 aromatic heterocycles. The summed E-state index contributed by atoms with van der Waals surface area (Å²) in [6.07, 6.45) is -54.2. The second kappa shape index (κ2) is 40.7. The molecule has 6 fully saturated rings. The molecule has 29 unspecified atom stereocenters. The average molecular weight is 1500 g/mol. The van der Waals surface area contributed by atoms with Crippen LogP contribution in [0, 0.1) is 0 Å². The van der Waals surface area contributed by atoms with Crippen molar-refractivity contribution in [1.82, 2.24) is 0 Å². The molecular weight excluding hydrogens is 1420 g/mol. The minimum atomic E-state index is -2.22. The van der Waals surface area contributed by atoms with Gasteiger partial charge in [-0.05, 0) is 0 Å². The number of hydrogen-bond donors (Lipinski definition) is 19. The van der Waals surface area contributed by atoms with Gasteiger partial charge in [-0.2, -0.15) is 70.6 Å². The maximum absolute atomic E-state index is 12.0. The lowest BCUT2D eigenvalue weighted by atomic mass is 9.95. The summed E-state index contributed by atoms with van der Waals surface area (Å²) in [7, 11) is 0. The van der Waals surface area contributed by atoms with Gasteiger partial charge in [0.25, 0.3) is 0 Å². The van der Waals surface area contributed by atoms with Gasteiger partial charge in [0.15, 0.2) is 31.5 Å². The van der Waals surface area contributed by atoms with E-state index in [1.54, 1.807) is 0 Å². The van der Waals surface area contributed by atoms with Crippen molar-refractivity contribution in [2.45, 2.75) is 216 Å². The molecule has 0 aromatic carbocycles. The fourth-order valence-corrected chi connectivity index (χ4v) is 16.5. The predicted octanol–water partition coefficient (Wildman–Crippen LogP) is -6.13. The number of carboxylic acid groups (broad SMARTS) is 6. The van der Waals surface area contributed by atoms with Crippen molar-refractivity contribution in [2.75, 3.05) is 75.6 Å². The number of hydrogen-bond acceptors (Lipinski definition) is 36. The molecule has 6 saturated heterocycles. The van der Waals surface area contributed by atoms with Gasteiger partial charge >= 0.3 is 35.8 Å². The monoisotopic (exact) mass is 1500 g/mol. The highest BCUT2D eigenvalue weighted by Crippen LogP contribution is 2.39. The van der Waals surface area contributed by atoms with Gasteiger partial charge in [0.1, 0.15) is 110 Å². The molecular formula is C54H86O36S6. The maximum atomic E-state index is 12.0. The van der Waals surface area contributed by atoms with Crippen molar-refractivity contribution in [1.29, 1.82) is 0 Å². The Balaban J connectivity index is 1.22. The summed E-state index contributed by atoms with van der Waals surface area (Å²) < 4.78 is 66.6. The van der Waals surface area contributed by atoms with Crippen LogP contribution in [0.25, 0.3) is 0 Å². The largest absolute Gasteiger partial charge is 0.481 e. The average Bonchev–Trinajstić information content (AvgIpc) is 0.777. The Kier molecular flexibility index (Phi) is 35.2. The zero-order chi connectivity index (χ0) is 70.7. The van der Waals surface area contributed by atoms with Crippen molar-refractivity contribution in [3.05, 3.63) is 0 Å². The summed E-state index contributed by atoms with van der Waals surface area (Å²) in [6, 6.07) is 0. The SMILES string of the molecule is O=C(O)CCSCC1OC(OC2C(CSCCC(=O)O)OC(OC3C(CSCCC(=O)O)OC(OC4C(CSCCC(=O)O)OC(OC5C(CSCCC(=O)O)OC(OC6C(CSCCC(=O)O)OCC(O)C6O)C(O)C5O)C(O)C4O)C(O)C3O)C(O)C2O)C(O)C(O)C1O. The first-order valence-corrected chi connectivity index (χ1v) is 37.2. The van der Waals surface area contributed by atoms with E-state index in [-0.39, 0.29) is 101 Å². The molecule has 0 aromatic rings. The molecule has 6 rings (SSSR count).